The molecule has 3 nitrogen and oxygen atoms in total. The zero-order chi connectivity index (χ0) is 14.5. The van der Waals surface area contributed by atoms with Crippen LogP contribution in [-0.4, -0.2) is 18.7 Å². The van der Waals surface area contributed by atoms with Crippen molar-refractivity contribution >= 4 is 11.6 Å². The Morgan fingerprint density at radius 3 is 2.75 bits per heavy atom. The summed E-state index contributed by atoms with van der Waals surface area (Å²) in [6, 6.07) is 0. The first-order valence-corrected chi connectivity index (χ1v) is 7.19. The second-order valence-corrected chi connectivity index (χ2v) is 6.44. The predicted octanol–water partition coefficient (Wildman–Crippen LogP) is 3.12. The molecule has 3 aliphatic rings. The molecule has 0 aliphatic heterocycles. The third-order valence-corrected chi connectivity index (χ3v) is 5.20. The van der Waals surface area contributed by atoms with Crippen LogP contribution in [0.25, 0.3) is 0 Å². The Labute approximate surface area is 119 Å². The van der Waals surface area contributed by atoms with E-state index in [2.05, 4.69) is 19.9 Å². The highest BCUT2D eigenvalue weighted by molar-refractivity contribution is 6.22. The molecule has 0 amide bonds. The SMILES string of the molecule is COC1=CC(=O)C2=C(CC3(C)CCC=C(C)C3C2)C1=O. The Morgan fingerprint density at radius 2 is 2.05 bits per heavy atom. The number of Topliss-reactive ketones (excluding diaryl/α,β-unsaturated/α-hetero) is 1. The van der Waals surface area contributed by atoms with E-state index in [0.29, 0.717) is 29.9 Å². The summed E-state index contributed by atoms with van der Waals surface area (Å²) in [6.45, 7) is 4.40. The highest BCUT2D eigenvalue weighted by atomic mass is 16.5. The Balaban J connectivity index is 2.04. The standard InChI is InChI=1S/C17H20O3/c1-10-5-4-6-17(2)9-12-11(7-13(10)17)14(18)8-15(20-3)16(12)19/h5,8,13H,4,6-7,9H2,1-3H3. The highest BCUT2D eigenvalue weighted by Crippen LogP contribution is 2.53. The first-order valence-electron chi connectivity index (χ1n) is 7.19. The summed E-state index contributed by atoms with van der Waals surface area (Å²) in [5, 5.41) is 0. The molecule has 0 bridgehead atoms. The van der Waals surface area contributed by atoms with E-state index in [1.807, 2.05) is 0 Å². The predicted molar refractivity (Wildman–Crippen MR) is 76.0 cm³/mol. The Hall–Kier alpha value is -1.64. The van der Waals surface area contributed by atoms with E-state index in [9.17, 15) is 9.59 Å². The summed E-state index contributed by atoms with van der Waals surface area (Å²) in [4.78, 5) is 24.7. The van der Waals surface area contributed by atoms with Gasteiger partial charge in [-0.2, -0.15) is 0 Å². The van der Waals surface area contributed by atoms with Crippen LogP contribution in [0.2, 0.25) is 0 Å². The number of hydrogen-bond donors (Lipinski definition) is 0. The summed E-state index contributed by atoms with van der Waals surface area (Å²) in [6.07, 6.45) is 7.18. The van der Waals surface area contributed by atoms with E-state index in [1.165, 1.54) is 18.8 Å². The van der Waals surface area contributed by atoms with Crippen LogP contribution in [0, 0.1) is 11.3 Å². The molecule has 0 saturated carbocycles. The van der Waals surface area contributed by atoms with Gasteiger partial charge in [0.1, 0.15) is 0 Å². The molecule has 0 aromatic rings. The van der Waals surface area contributed by atoms with E-state index in [-0.39, 0.29) is 22.7 Å². The second-order valence-electron chi connectivity index (χ2n) is 6.44. The number of ketones is 2. The van der Waals surface area contributed by atoms with Gasteiger partial charge in [0, 0.05) is 17.2 Å². The van der Waals surface area contributed by atoms with Gasteiger partial charge in [-0.3, -0.25) is 9.59 Å². The Morgan fingerprint density at radius 1 is 1.30 bits per heavy atom. The number of rotatable bonds is 1. The lowest BCUT2D eigenvalue weighted by molar-refractivity contribution is -0.119. The van der Waals surface area contributed by atoms with Crippen molar-refractivity contribution in [3.05, 3.63) is 34.6 Å². The number of methoxy groups -OCH3 is 1. The quantitative estimate of drug-likeness (QED) is 0.544. The smallest absolute Gasteiger partial charge is 0.224 e. The minimum absolute atomic E-state index is 0.0446. The molecule has 0 fully saturated rings. The van der Waals surface area contributed by atoms with Gasteiger partial charge in [0.2, 0.25) is 5.78 Å². The third-order valence-electron chi connectivity index (χ3n) is 5.20. The molecule has 0 heterocycles. The van der Waals surface area contributed by atoms with Crippen molar-refractivity contribution in [2.24, 2.45) is 11.3 Å². The van der Waals surface area contributed by atoms with Crippen LogP contribution in [0.4, 0.5) is 0 Å². The molecule has 3 aliphatic carbocycles. The van der Waals surface area contributed by atoms with Crippen LogP contribution in [0.15, 0.2) is 34.6 Å². The largest absolute Gasteiger partial charge is 0.493 e. The van der Waals surface area contributed by atoms with E-state index < -0.39 is 0 Å². The first-order chi connectivity index (χ1) is 9.46. The van der Waals surface area contributed by atoms with Crippen LogP contribution >= 0.6 is 0 Å². The maximum atomic E-state index is 12.4. The molecule has 0 saturated heterocycles. The van der Waals surface area contributed by atoms with E-state index in [4.69, 9.17) is 4.74 Å². The summed E-state index contributed by atoms with van der Waals surface area (Å²) < 4.78 is 5.06. The molecule has 0 N–H and O–H groups in total. The molecule has 2 atom stereocenters. The van der Waals surface area contributed by atoms with Crippen molar-refractivity contribution in [2.75, 3.05) is 7.11 Å². The van der Waals surface area contributed by atoms with Crippen molar-refractivity contribution in [1.82, 2.24) is 0 Å². The van der Waals surface area contributed by atoms with E-state index in [0.717, 1.165) is 12.8 Å². The number of hydrogen-bond acceptors (Lipinski definition) is 3. The zero-order valence-corrected chi connectivity index (χ0v) is 12.3. The van der Waals surface area contributed by atoms with Crippen LogP contribution < -0.4 is 0 Å². The van der Waals surface area contributed by atoms with E-state index >= 15 is 0 Å². The van der Waals surface area contributed by atoms with Crippen LogP contribution in [-0.2, 0) is 14.3 Å². The number of fused-ring (bicyclic) bond motifs is 1. The maximum absolute atomic E-state index is 12.4. The topological polar surface area (TPSA) is 43.4 Å². The molecule has 3 rings (SSSR count). The fraction of sp³-hybridized carbons (Fsp3) is 0.529. The normalized spacial score (nSPS) is 33.2. The van der Waals surface area contributed by atoms with Crippen LogP contribution in [0.5, 0.6) is 0 Å². The monoisotopic (exact) mass is 272 g/mol. The number of ether oxygens (including phenoxy) is 1. The lowest BCUT2D eigenvalue weighted by Crippen LogP contribution is -2.39. The summed E-state index contributed by atoms with van der Waals surface area (Å²) in [5.41, 5.74) is 2.88. The van der Waals surface area contributed by atoms with Crippen LogP contribution in [0.3, 0.4) is 0 Å². The second kappa shape index (κ2) is 4.44. The molecule has 20 heavy (non-hydrogen) atoms. The maximum Gasteiger partial charge on any atom is 0.224 e. The molecule has 106 valence electrons. The fourth-order valence-electron chi connectivity index (χ4n) is 3.99. The van der Waals surface area contributed by atoms with Crippen molar-refractivity contribution in [3.8, 4) is 0 Å². The number of carbonyl (C=O) groups is 2. The average molecular weight is 272 g/mol. The zero-order valence-electron chi connectivity index (χ0n) is 12.3. The van der Waals surface area contributed by atoms with Crippen LogP contribution in [0.1, 0.15) is 39.5 Å². The number of allylic oxidation sites excluding steroid dienone is 5. The van der Waals surface area contributed by atoms with Crippen molar-refractivity contribution in [3.63, 3.8) is 0 Å². The molecule has 0 spiro atoms. The van der Waals surface area contributed by atoms with Gasteiger partial charge in [-0.05, 0) is 43.9 Å². The fourth-order valence-corrected chi connectivity index (χ4v) is 3.99. The summed E-state index contributed by atoms with van der Waals surface area (Å²) >= 11 is 0. The summed E-state index contributed by atoms with van der Waals surface area (Å²) in [5.74, 6) is 0.453. The van der Waals surface area contributed by atoms with Crippen molar-refractivity contribution in [1.29, 1.82) is 0 Å². The third kappa shape index (κ3) is 1.80. The number of carbonyl (C=O) groups excluding carboxylic acids is 2. The average Bonchev–Trinajstić information content (AvgIpc) is 2.41. The molecular formula is C17H20O3. The summed E-state index contributed by atoms with van der Waals surface area (Å²) in [7, 11) is 1.45. The van der Waals surface area contributed by atoms with Crippen molar-refractivity contribution in [2.45, 2.75) is 39.5 Å². The van der Waals surface area contributed by atoms with Gasteiger partial charge in [0.05, 0.1) is 7.11 Å². The highest BCUT2D eigenvalue weighted by Gasteiger charge is 2.46. The molecule has 2 unspecified atom stereocenters. The van der Waals surface area contributed by atoms with Gasteiger partial charge < -0.3 is 4.74 Å². The molecule has 3 heteroatoms. The van der Waals surface area contributed by atoms with Gasteiger partial charge in [-0.1, -0.05) is 18.6 Å². The minimum Gasteiger partial charge on any atom is -0.493 e. The lowest BCUT2D eigenvalue weighted by atomic mass is 9.58. The molecule has 0 aromatic heterocycles. The Kier molecular flexibility index (Phi) is 2.96. The van der Waals surface area contributed by atoms with Gasteiger partial charge in [-0.15, -0.1) is 0 Å². The molecular weight excluding hydrogens is 252 g/mol. The van der Waals surface area contributed by atoms with E-state index in [1.54, 1.807) is 0 Å². The van der Waals surface area contributed by atoms with Crippen molar-refractivity contribution < 1.29 is 14.3 Å². The van der Waals surface area contributed by atoms with Gasteiger partial charge >= 0.3 is 0 Å². The van der Waals surface area contributed by atoms with Gasteiger partial charge in [0.25, 0.3) is 0 Å². The molecule has 0 aromatic carbocycles. The van der Waals surface area contributed by atoms with Gasteiger partial charge in [0.15, 0.2) is 11.5 Å². The van der Waals surface area contributed by atoms with Gasteiger partial charge in [-0.25, -0.2) is 0 Å². The molecule has 0 radical (unpaired) electrons. The lowest BCUT2D eigenvalue weighted by Gasteiger charge is -2.46. The minimum atomic E-state index is -0.0889. The Bertz CT molecular complexity index is 591. The first kappa shape index (κ1) is 13.3.